The van der Waals surface area contributed by atoms with E-state index in [1.165, 1.54) is 11.8 Å². The van der Waals surface area contributed by atoms with E-state index in [1.807, 2.05) is 19.1 Å². The first-order valence-corrected chi connectivity index (χ1v) is 11.3. The molecule has 1 aliphatic heterocycles. The van der Waals surface area contributed by atoms with Crippen LogP contribution in [0.2, 0.25) is 0 Å². The van der Waals surface area contributed by atoms with Crippen LogP contribution in [0.5, 0.6) is 0 Å². The third-order valence-corrected chi connectivity index (χ3v) is 5.92. The van der Waals surface area contributed by atoms with Crippen LogP contribution >= 0.6 is 0 Å². The molecule has 7 nitrogen and oxygen atoms in total. The molecule has 1 fully saturated rings. The van der Waals surface area contributed by atoms with E-state index < -0.39 is 0 Å². The second-order valence-electron chi connectivity index (χ2n) is 8.32. The molecule has 4 rings (SSSR count). The summed E-state index contributed by atoms with van der Waals surface area (Å²) >= 11 is 0. The van der Waals surface area contributed by atoms with Gasteiger partial charge in [0.05, 0.1) is 6.26 Å². The van der Waals surface area contributed by atoms with E-state index >= 15 is 0 Å². The van der Waals surface area contributed by atoms with Gasteiger partial charge in [-0.25, -0.2) is 0 Å². The zero-order chi connectivity index (χ0) is 23.0. The standard InChI is InChI=1S/C26H30N4O3/c1-20-9-10-22(18-23(20)28-26(32)24-8-5-17-33-24)25(31)27-11-12-29-13-15-30(16-14-29)19-21-6-3-2-4-7-21/h2-10,17-18H,11-16,19H2,1H3,(H,27,31)(H,28,32). The van der Waals surface area contributed by atoms with Gasteiger partial charge in [0, 0.05) is 57.1 Å². The van der Waals surface area contributed by atoms with Crippen LogP contribution in [0.15, 0.2) is 71.3 Å². The molecule has 0 bridgehead atoms. The van der Waals surface area contributed by atoms with Gasteiger partial charge >= 0.3 is 0 Å². The molecule has 3 aromatic rings. The molecule has 7 heteroatoms. The Morgan fingerprint density at radius 1 is 0.909 bits per heavy atom. The number of hydrogen-bond donors (Lipinski definition) is 2. The van der Waals surface area contributed by atoms with Gasteiger partial charge in [0.25, 0.3) is 11.8 Å². The first-order valence-electron chi connectivity index (χ1n) is 11.3. The zero-order valence-electron chi connectivity index (χ0n) is 18.9. The third-order valence-electron chi connectivity index (χ3n) is 5.92. The average molecular weight is 447 g/mol. The Hall–Kier alpha value is -3.42. The van der Waals surface area contributed by atoms with Gasteiger partial charge in [0.1, 0.15) is 0 Å². The predicted octanol–water partition coefficient (Wildman–Crippen LogP) is 3.39. The fraction of sp³-hybridized carbons (Fsp3) is 0.308. The number of rotatable bonds is 8. The molecule has 0 atom stereocenters. The SMILES string of the molecule is Cc1ccc(C(=O)NCCN2CCN(Cc3ccccc3)CC2)cc1NC(=O)c1ccco1. The first kappa shape index (κ1) is 22.8. The normalized spacial score (nSPS) is 14.7. The maximum Gasteiger partial charge on any atom is 0.291 e. The van der Waals surface area contributed by atoms with Crippen LogP contribution in [-0.2, 0) is 6.54 Å². The molecule has 0 spiro atoms. The van der Waals surface area contributed by atoms with E-state index in [2.05, 4.69) is 44.7 Å². The zero-order valence-corrected chi connectivity index (χ0v) is 18.9. The molecule has 2 aromatic carbocycles. The van der Waals surface area contributed by atoms with Gasteiger partial charge in [0.15, 0.2) is 5.76 Å². The smallest absolute Gasteiger partial charge is 0.291 e. The topological polar surface area (TPSA) is 77.8 Å². The molecule has 0 aliphatic carbocycles. The lowest BCUT2D eigenvalue weighted by molar-refractivity contribution is 0.0932. The minimum atomic E-state index is -0.341. The van der Waals surface area contributed by atoms with Crippen molar-refractivity contribution in [3.05, 3.63) is 89.4 Å². The summed E-state index contributed by atoms with van der Waals surface area (Å²) in [5.74, 6) is -0.258. The monoisotopic (exact) mass is 446 g/mol. The molecule has 0 radical (unpaired) electrons. The second-order valence-corrected chi connectivity index (χ2v) is 8.32. The minimum Gasteiger partial charge on any atom is -0.459 e. The lowest BCUT2D eigenvalue weighted by Gasteiger charge is -2.34. The van der Waals surface area contributed by atoms with Crippen molar-refractivity contribution in [2.75, 3.05) is 44.6 Å². The van der Waals surface area contributed by atoms with Crippen molar-refractivity contribution in [2.24, 2.45) is 0 Å². The molecule has 1 saturated heterocycles. The molecule has 0 saturated carbocycles. The van der Waals surface area contributed by atoms with Crippen LogP contribution in [-0.4, -0.2) is 60.9 Å². The van der Waals surface area contributed by atoms with Gasteiger partial charge in [-0.15, -0.1) is 0 Å². The summed E-state index contributed by atoms with van der Waals surface area (Å²) in [7, 11) is 0. The Morgan fingerprint density at radius 2 is 1.67 bits per heavy atom. The number of aryl methyl sites for hydroxylation is 1. The van der Waals surface area contributed by atoms with Crippen molar-refractivity contribution in [3.8, 4) is 0 Å². The van der Waals surface area contributed by atoms with Crippen LogP contribution < -0.4 is 10.6 Å². The maximum atomic E-state index is 12.7. The van der Waals surface area contributed by atoms with Gasteiger partial charge in [0.2, 0.25) is 0 Å². The Labute approximate surface area is 194 Å². The summed E-state index contributed by atoms with van der Waals surface area (Å²) < 4.78 is 5.13. The number of nitrogens with one attached hydrogen (secondary N) is 2. The van der Waals surface area contributed by atoms with Gasteiger partial charge in [-0.1, -0.05) is 36.4 Å². The number of nitrogens with zero attached hydrogens (tertiary/aromatic N) is 2. The molecule has 1 aliphatic rings. The predicted molar refractivity (Wildman–Crippen MR) is 128 cm³/mol. The van der Waals surface area contributed by atoms with E-state index in [4.69, 9.17) is 4.42 Å². The number of anilines is 1. The van der Waals surface area contributed by atoms with Crippen LogP contribution in [0, 0.1) is 6.92 Å². The summed E-state index contributed by atoms with van der Waals surface area (Å²) in [6, 6.07) is 19.1. The van der Waals surface area contributed by atoms with Crippen molar-refractivity contribution >= 4 is 17.5 Å². The van der Waals surface area contributed by atoms with Crippen molar-refractivity contribution < 1.29 is 14.0 Å². The number of hydrogen-bond acceptors (Lipinski definition) is 5. The maximum absolute atomic E-state index is 12.7. The molecule has 0 unspecified atom stereocenters. The summed E-state index contributed by atoms with van der Waals surface area (Å²) in [5, 5.41) is 5.81. The van der Waals surface area contributed by atoms with E-state index in [1.54, 1.807) is 24.3 Å². The quantitative estimate of drug-likeness (QED) is 0.555. The molecule has 172 valence electrons. The Bertz CT molecular complexity index is 1060. The van der Waals surface area contributed by atoms with Crippen molar-refractivity contribution in [1.82, 2.24) is 15.1 Å². The third kappa shape index (κ3) is 6.31. The molecule has 2 heterocycles. The molecular formula is C26H30N4O3. The van der Waals surface area contributed by atoms with Gasteiger partial charge in [-0.3, -0.25) is 19.4 Å². The largest absolute Gasteiger partial charge is 0.459 e. The van der Waals surface area contributed by atoms with Crippen molar-refractivity contribution in [2.45, 2.75) is 13.5 Å². The lowest BCUT2D eigenvalue weighted by atomic mass is 10.1. The van der Waals surface area contributed by atoms with Gasteiger partial charge in [-0.05, 0) is 42.3 Å². The highest BCUT2D eigenvalue weighted by molar-refractivity contribution is 6.03. The number of carbonyl (C=O) groups excluding carboxylic acids is 2. The van der Waals surface area contributed by atoms with E-state index in [-0.39, 0.29) is 17.6 Å². The summed E-state index contributed by atoms with van der Waals surface area (Å²) in [6.07, 6.45) is 1.45. The second kappa shape index (κ2) is 10.9. The van der Waals surface area contributed by atoms with Crippen LogP contribution in [0.1, 0.15) is 32.0 Å². The molecule has 2 N–H and O–H groups in total. The number of benzene rings is 2. The number of furan rings is 1. The van der Waals surface area contributed by atoms with Crippen molar-refractivity contribution in [1.29, 1.82) is 0 Å². The molecular weight excluding hydrogens is 416 g/mol. The van der Waals surface area contributed by atoms with Gasteiger partial charge < -0.3 is 15.1 Å². The van der Waals surface area contributed by atoms with Crippen LogP contribution in [0.3, 0.4) is 0 Å². The van der Waals surface area contributed by atoms with E-state index in [0.717, 1.165) is 44.8 Å². The van der Waals surface area contributed by atoms with Gasteiger partial charge in [-0.2, -0.15) is 0 Å². The Morgan fingerprint density at radius 3 is 2.39 bits per heavy atom. The fourth-order valence-corrected chi connectivity index (χ4v) is 3.93. The summed E-state index contributed by atoms with van der Waals surface area (Å²) in [5.41, 5.74) is 3.33. The first-order chi connectivity index (χ1) is 16.1. The van der Waals surface area contributed by atoms with Crippen molar-refractivity contribution in [3.63, 3.8) is 0 Å². The number of amides is 2. The average Bonchev–Trinajstić information content (AvgIpc) is 3.37. The molecule has 33 heavy (non-hydrogen) atoms. The molecule has 2 amide bonds. The lowest BCUT2D eigenvalue weighted by Crippen LogP contribution is -2.48. The van der Waals surface area contributed by atoms with Crippen LogP contribution in [0.25, 0.3) is 0 Å². The minimum absolute atomic E-state index is 0.147. The number of piperazine rings is 1. The van der Waals surface area contributed by atoms with E-state index in [0.29, 0.717) is 17.8 Å². The highest BCUT2D eigenvalue weighted by Crippen LogP contribution is 2.18. The Balaban J connectivity index is 1.22. The summed E-state index contributed by atoms with van der Waals surface area (Å²) in [6.45, 7) is 8.32. The fourth-order valence-electron chi connectivity index (χ4n) is 3.93. The Kier molecular flexibility index (Phi) is 7.55. The number of carbonyl (C=O) groups is 2. The highest BCUT2D eigenvalue weighted by atomic mass is 16.3. The summed E-state index contributed by atoms with van der Waals surface area (Å²) in [4.78, 5) is 29.8. The van der Waals surface area contributed by atoms with E-state index in [9.17, 15) is 9.59 Å². The molecule has 1 aromatic heterocycles. The van der Waals surface area contributed by atoms with Crippen LogP contribution in [0.4, 0.5) is 5.69 Å². The highest BCUT2D eigenvalue weighted by Gasteiger charge is 2.17.